The maximum Gasteiger partial charge on any atom is 0.423 e. The second-order valence-corrected chi connectivity index (χ2v) is 9.68. The molecule has 2 aliphatic rings. The maximum atomic E-state index is 13.0. The average molecular weight is 536 g/mol. The topological polar surface area (TPSA) is 124 Å². The van der Waals surface area contributed by atoms with E-state index in [4.69, 9.17) is 0 Å². The molecular weight excluding hydrogens is 506 g/mol. The summed E-state index contributed by atoms with van der Waals surface area (Å²) in [4.78, 5) is 38.3. The fourth-order valence-electron chi connectivity index (χ4n) is 5.07. The Hall–Kier alpha value is -2.49. The minimum absolute atomic E-state index is 0.150. The molecule has 184 valence electrons. The Labute approximate surface area is 207 Å². The van der Waals surface area contributed by atoms with E-state index in [-0.39, 0.29) is 12.2 Å². The molecule has 0 unspecified atom stereocenters. The molecule has 1 aliphatic carbocycles. The Morgan fingerprint density at radius 3 is 2.65 bits per heavy atom. The number of phenols is 1. The average Bonchev–Trinajstić information content (AvgIpc) is 3.07. The molecule has 4 atom stereocenters. The molecule has 1 aromatic carbocycles. The highest BCUT2D eigenvalue weighted by Crippen LogP contribution is 2.47. The van der Waals surface area contributed by atoms with Crippen molar-refractivity contribution in [3.8, 4) is 5.75 Å². The van der Waals surface area contributed by atoms with Crippen LogP contribution in [0, 0.1) is 17.8 Å². The van der Waals surface area contributed by atoms with Crippen molar-refractivity contribution in [3.05, 3.63) is 45.0 Å². The number of nitrogens with zero attached hydrogens (tertiary/aromatic N) is 1. The number of aliphatic hydroxyl groups excluding tert-OH is 2. The Balaban J connectivity index is 1.83. The smallest absolute Gasteiger partial charge is 0.423 e. The number of ether oxygens (including phenoxy) is 1. The molecule has 0 saturated carbocycles. The van der Waals surface area contributed by atoms with E-state index in [1.165, 1.54) is 0 Å². The first-order valence-electron chi connectivity index (χ1n) is 11.3. The van der Waals surface area contributed by atoms with Crippen molar-refractivity contribution < 1.29 is 34.4 Å². The Kier molecular flexibility index (Phi) is 8.33. The molecule has 0 bridgehead atoms. The standard InChI is InChI=1S/C25H30BrNO7/c1-4-14-11-17-22(24(32)27(23(17)31)25(33)34-3)18(12-28)21(14)20(30)7-5-13(2)9-15-10-16(26)6-8-19(15)29/h6,8-10,17-18,20,22,28-30H,4-5,7,11-12H2,1-3H3/b13-9+/t17-,18+,20-,22-/m1/s1. The molecule has 0 aromatic heterocycles. The summed E-state index contributed by atoms with van der Waals surface area (Å²) in [7, 11) is 1.10. The number of fused-ring (bicyclic) bond motifs is 1. The van der Waals surface area contributed by atoms with E-state index in [0.29, 0.717) is 35.3 Å². The number of carbonyl (C=O) groups is 3. The lowest BCUT2D eigenvalue weighted by molar-refractivity contribution is -0.137. The quantitative estimate of drug-likeness (QED) is 0.358. The molecule has 9 heteroatoms. The summed E-state index contributed by atoms with van der Waals surface area (Å²) in [6.45, 7) is 3.37. The number of hydrogen-bond donors (Lipinski definition) is 3. The minimum atomic E-state index is -1.03. The van der Waals surface area contributed by atoms with Crippen molar-refractivity contribution >= 4 is 39.9 Å². The number of aliphatic hydroxyl groups is 2. The van der Waals surface area contributed by atoms with Gasteiger partial charge < -0.3 is 20.1 Å². The summed E-state index contributed by atoms with van der Waals surface area (Å²) in [6, 6.07) is 5.14. The van der Waals surface area contributed by atoms with Gasteiger partial charge in [-0.05, 0) is 56.4 Å². The number of phenolic OH excluding ortho intramolecular Hbond substituents is 1. The third-order valence-electron chi connectivity index (χ3n) is 6.73. The summed E-state index contributed by atoms with van der Waals surface area (Å²) >= 11 is 3.38. The zero-order valence-corrected chi connectivity index (χ0v) is 21.0. The first-order valence-corrected chi connectivity index (χ1v) is 12.1. The van der Waals surface area contributed by atoms with E-state index in [1.807, 2.05) is 19.9 Å². The predicted octanol–water partition coefficient (Wildman–Crippen LogP) is 3.79. The summed E-state index contributed by atoms with van der Waals surface area (Å²) < 4.78 is 5.43. The number of amides is 3. The van der Waals surface area contributed by atoms with Crippen LogP contribution in [0.3, 0.4) is 0 Å². The molecule has 0 spiro atoms. The molecule has 0 radical (unpaired) electrons. The van der Waals surface area contributed by atoms with E-state index < -0.39 is 48.4 Å². The number of halogens is 1. The van der Waals surface area contributed by atoms with Crippen molar-refractivity contribution in [2.75, 3.05) is 13.7 Å². The molecule has 3 rings (SSSR count). The number of allylic oxidation sites excluding steroid dienone is 2. The van der Waals surface area contributed by atoms with Crippen LogP contribution in [0.15, 0.2) is 39.4 Å². The van der Waals surface area contributed by atoms with Crippen molar-refractivity contribution in [1.82, 2.24) is 4.90 Å². The SMILES string of the molecule is CCC1=C([C@H](O)CC/C(C)=C/c2cc(Br)ccc2O)[C@H](CO)[C@@H]2C(=O)N(C(=O)OC)C(=O)[C@@H]2C1. The lowest BCUT2D eigenvalue weighted by atomic mass is 9.67. The molecule has 3 amide bonds. The third kappa shape index (κ3) is 4.96. The Morgan fingerprint density at radius 2 is 2.03 bits per heavy atom. The van der Waals surface area contributed by atoms with Gasteiger partial charge in [0.25, 0.3) is 0 Å². The van der Waals surface area contributed by atoms with Gasteiger partial charge in [0, 0.05) is 16.0 Å². The first-order chi connectivity index (χ1) is 16.1. The van der Waals surface area contributed by atoms with Gasteiger partial charge in [-0.1, -0.05) is 40.1 Å². The highest BCUT2D eigenvalue weighted by atomic mass is 79.9. The monoisotopic (exact) mass is 535 g/mol. The number of methoxy groups -OCH3 is 1. The molecule has 1 heterocycles. The Bertz CT molecular complexity index is 1050. The van der Waals surface area contributed by atoms with E-state index in [0.717, 1.165) is 22.7 Å². The van der Waals surface area contributed by atoms with Crippen molar-refractivity contribution in [1.29, 1.82) is 0 Å². The summed E-state index contributed by atoms with van der Waals surface area (Å²) in [6.07, 6.45) is 1.54. The number of imide groups is 3. The number of rotatable bonds is 7. The highest BCUT2D eigenvalue weighted by Gasteiger charge is 2.56. The zero-order valence-electron chi connectivity index (χ0n) is 19.5. The van der Waals surface area contributed by atoms with E-state index >= 15 is 0 Å². The first kappa shape index (κ1) is 26.1. The zero-order chi connectivity index (χ0) is 25.2. The number of benzene rings is 1. The molecular formula is C25H30BrNO7. The lowest BCUT2D eigenvalue weighted by Gasteiger charge is -2.36. The van der Waals surface area contributed by atoms with Crippen LogP contribution in [0.1, 0.15) is 45.1 Å². The molecule has 1 saturated heterocycles. The second-order valence-electron chi connectivity index (χ2n) is 8.77. The largest absolute Gasteiger partial charge is 0.507 e. The van der Waals surface area contributed by atoms with Crippen LogP contribution >= 0.6 is 15.9 Å². The fraction of sp³-hybridized carbons (Fsp3) is 0.480. The molecule has 1 aromatic rings. The maximum absolute atomic E-state index is 13.0. The van der Waals surface area contributed by atoms with Crippen LogP contribution in [0.25, 0.3) is 6.08 Å². The molecule has 34 heavy (non-hydrogen) atoms. The van der Waals surface area contributed by atoms with Gasteiger partial charge >= 0.3 is 6.09 Å². The van der Waals surface area contributed by atoms with E-state index in [2.05, 4.69) is 20.7 Å². The van der Waals surface area contributed by atoms with Gasteiger partial charge in [0.1, 0.15) is 5.75 Å². The van der Waals surface area contributed by atoms with Gasteiger partial charge in [-0.3, -0.25) is 9.59 Å². The highest BCUT2D eigenvalue weighted by molar-refractivity contribution is 9.10. The summed E-state index contributed by atoms with van der Waals surface area (Å²) in [5.74, 6) is -3.58. The van der Waals surface area contributed by atoms with Crippen LogP contribution in [-0.4, -0.2) is 57.9 Å². The van der Waals surface area contributed by atoms with Gasteiger partial charge in [0.05, 0.1) is 31.7 Å². The van der Waals surface area contributed by atoms with E-state index in [9.17, 15) is 29.7 Å². The Morgan fingerprint density at radius 1 is 1.32 bits per heavy atom. The fourth-order valence-corrected chi connectivity index (χ4v) is 5.45. The van der Waals surface area contributed by atoms with Crippen LogP contribution in [0.4, 0.5) is 4.79 Å². The van der Waals surface area contributed by atoms with E-state index in [1.54, 1.807) is 18.2 Å². The number of likely N-dealkylation sites (tertiary alicyclic amines) is 1. The molecule has 1 aliphatic heterocycles. The molecule has 8 nitrogen and oxygen atoms in total. The third-order valence-corrected chi connectivity index (χ3v) is 7.22. The summed E-state index contributed by atoms with van der Waals surface area (Å²) in [5.41, 5.74) is 3.00. The van der Waals surface area contributed by atoms with Gasteiger partial charge in [-0.15, -0.1) is 0 Å². The van der Waals surface area contributed by atoms with Crippen LogP contribution < -0.4 is 0 Å². The number of hydrogen-bond acceptors (Lipinski definition) is 7. The minimum Gasteiger partial charge on any atom is -0.507 e. The van der Waals surface area contributed by atoms with Crippen molar-refractivity contribution in [3.63, 3.8) is 0 Å². The molecule has 1 fully saturated rings. The van der Waals surface area contributed by atoms with Gasteiger partial charge in [-0.2, -0.15) is 4.90 Å². The van der Waals surface area contributed by atoms with Crippen LogP contribution in [0.2, 0.25) is 0 Å². The summed E-state index contributed by atoms with van der Waals surface area (Å²) in [5, 5.41) is 31.4. The second kappa shape index (κ2) is 10.8. The lowest BCUT2D eigenvalue weighted by Crippen LogP contribution is -2.40. The van der Waals surface area contributed by atoms with Gasteiger partial charge in [0.15, 0.2) is 0 Å². The molecule has 3 N–H and O–H groups in total. The van der Waals surface area contributed by atoms with Crippen molar-refractivity contribution in [2.24, 2.45) is 17.8 Å². The van der Waals surface area contributed by atoms with Crippen LogP contribution in [0.5, 0.6) is 5.75 Å². The van der Waals surface area contributed by atoms with Crippen molar-refractivity contribution in [2.45, 2.75) is 45.6 Å². The van der Waals surface area contributed by atoms with Crippen LogP contribution in [-0.2, 0) is 14.3 Å². The predicted molar refractivity (Wildman–Crippen MR) is 128 cm³/mol. The number of aromatic hydroxyl groups is 1. The van der Waals surface area contributed by atoms with Gasteiger partial charge in [-0.25, -0.2) is 4.79 Å². The normalized spacial score (nSPS) is 23.9. The van der Waals surface area contributed by atoms with Gasteiger partial charge in [0.2, 0.25) is 11.8 Å². The number of carbonyl (C=O) groups excluding carboxylic acids is 3.